The number of pyridine rings is 1. The normalized spacial score (nSPS) is 14.3. The molecule has 9 heteroatoms. The lowest BCUT2D eigenvalue weighted by atomic mass is 10.0. The van der Waals surface area contributed by atoms with Crippen LogP contribution >= 0.6 is 11.6 Å². The van der Waals surface area contributed by atoms with E-state index in [0.29, 0.717) is 52.0 Å². The second-order valence-electron chi connectivity index (χ2n) is 8.04. The van der Waals surface area contributed by atoms with Gasteiger partial charge in [0.15, 0.2) is 0 Å². The Labute approximate surface area is 189 Å². The topological polar surface area (TPSA) is 98.7 Å². The average molecular weight is 451 g/mol. The monoisotopic (exact) mass is 450 g/mol. The van der Waals surface area contributed by atoms with Gasteiger partial charge >= 0.3 is 0 Å². The summed E-state index contributed by atoms with van der Waals surface area (Å²) < 4.78 is 6.71. The predicted molar refractivity (Wildman–Crippen MR) is 124 cm³/mol. The summed E-state index contributed by atoms with van der Waals surface area (Å²) >= 11 is 6.58. The second-order valence-corrected chi connectivity index (χ2v) is 8.44. The fourth-order valence-electron chi connectivity index (χ4n) is 4.26. The number of aryl methyl sites for hydroxylation is 2. The van der Waals surface area contributed by atoms with Crippen molar-refractivity contribution >= 4 is 28.6 Å². The molecule has 3 heterocycles. The van der Waals surface area contributed by atoms with Gasteiger partial charge in [0.25, 0.3) is 5.56 Å². The molecule has 5 rings (SSSR count). The second kappa shape index (κ2) is 8.35. The first-order chi connectivity index (χ1) is 15.5. The van der Waals surface area contributed by atoms with E-state index in [2.05, 4.69) is 25.4 Å². The molecule has 3 aromatic heterocycles. The van der Waals surface area contributed by atoms with Gasteiger partial charge in [0.05, 0.1) is 0 Å². The van der Waals surface area contributed by atoms with Crippen LogP contribution in [0.5, 0.6) is 0 Å². The molecule has 0 bridgehead atoms. The zero-order chi connectivity index (χ0) is 22.2. The van der Waals surface area contributed by atoms with Gasteiger partial charge < -0.3 is 9.84 Å². The molecule has 0 saturated heterocycles. The third-order valence-corrected chi connectivity index (χ3v) is 6.19. The highest BCUT2D eigenvalue weighted by Crippen LogP contribution is 2.31. The Bertz CT molecular complexity index is 1360. The molecular weight excluding hydrogens is 428 g/mol. The Hall–Kier alpha value is -3.26. The zero-order valence-electron chi connectivity index (χ0n) is 17.9. The van der Waals surface area contributed by atoms with Crippen LogP contribution in [-0.4, -0.2) is 30.7 Å². The highest BCUT2D eigenvalue weighted by atomic mass is 35.5. The van der Waals surface area contributed by atoms with E-state index in [-0.39, 0.29) is 5.56 Å². The molecule has 8 nitrogen and oxygen atoms in total. The van der Waals surface area contributed by atoms with Crippen LogP contribution in [0.1, 0.15) is 38.5 Å². The van der Waals surface area contributed by atoms with Crippen LogP contribution in [0.15, 0.2) is 39.8 Å². The van der Waals surface area contributed by atoms with Crippen LogP contribution in [-0.2, 0) is 6.54 Å². The average Bonchev–Trinajstić information content (AvgIpc) is 3.45. The largest absolute Gasteiger partial charge is 0.351 e. The first kappa shape index (κ1) is 20.6. The van der Waals surface area contributed by atoms with Gasteiger partial charge in [-0.15, -0.1) is 0 Å². The van der Waals surface area contributed by atoms with Gasteiger partial charge in [-0.05, 0) is 31.9 Å². The summed E-state index contributed by atoms with van der Waals surface area (Å²) in [4.78, 5) is 26.8. The molecule has 0 radical (unpaired) electrons. The SMILES string of the molecule is CCn1c(=O)c(-c2ccc(-c3noc(C)n3)cc2Cl)cc2cnc(NC3CCCC3)nc21. The zero-order valence-corrected chi connectivity index (χ0v) is 18.7. The van der Waals surface area contributed by atoms with Crippen molar-refractivity contribution < 1.29 is 4.52 Å². The number of aromatic nitrogens is 5. The number of rotatable bonds is 5. The minimum Gasteiger partial charge on any atom is -0.351 e. The third-order valence-electron chi connectivity index (χ3n) is 5.88. The number of fused-ring (bicyclic) bond motifs is 1. The summed E-state index contributed by atoms with van der Waals surface area (Å²) in [5, 5.41) is 8.55. The molecular formula is C23H23ClN6O2. The molecule has 164 valence electrons. The summed E-state index contributed by atoms with van der Waals surface area (Å²) in [6, 6.07) is 7.59. The van der Waals surface area contributed by atoms with Gasteiger partial charge in [-0.3, -0.25) is 9.36 Å². The summed E-state index contributed by atoms with van der Waals surface area (Å²) in [6.45, 7) is 4.15. The molecule has 32 heavy (non-hydrogen) atoms. The van der Waals surface area contributed by atoms with E-state index in [1.807, 2.05) is 25.1 Å². The maximum atomic E-state index is 13.4. The minimum absolute atomic E-state index is 0.143. The van der Waals surface area contributed by atoms with Crippen molar-refractivity contribution in [1.29, 1.82) is 0 Å². The Morgan fingerprint density at radius 3 is 2.69 bits per heavy atom. The Morgan fingerprint density at radius 2 is 2.00 bits per heavy atom. The molecule has 4 aromatic rings. The van der Waals surface area contributed by atoms with E-state index in [9.17, 15) is 4.79 Å². The van der Waals surface area contributed by atoms with Crippen molar-refractivity contribution in [2.75, 3.05) is 5.32 Å². The molecule has 1 aromatic carbocycles. The number of nitrogens with zero attached hydrogens (tertiary/aromatic N) is 5. The molecule has 1 fully saturated rings. The van der Waals surface area contributed by atoms with E-state index in [4.69, 9.17) is 16.1 Å². The van der Waals surface area contributed by atoms with Gasteiger partial charge in [-0.2, -0.15) is 9.97 Å². The van der Waals surface area contributed by atoms with Crippen molar-refractivity contribution in [2.24, 2.45) is 0 Å². The molecule has 1 aliphatic carbocycles. The van der Waals surface area contributed by atoms with Gasteiger partial charge in [0, 0.05) is 52.8 Å². The smallest absolute Gasteiger partial charge is 0.260 e. The van der Waals surface area contributed by atoms with Gasteiger partial charge in [-0.1, -0.05) is 41.7 Å². The van der Waals surface area contributed by atoms with Crippen LogP contribution in [0.2, 0.25) is 5.02 Å². The van der Waals surface area contributed by atoms with Gasteiger partial charge in [0.2, 0.25) is 17.7 Å². The number of hydrogen-bond acceptors (Lipinski definition) is 7. The van der Waals surface area contributed by atoms with Crippen LogP contribution in [0.25, 0.3) is 33.5 Å². The molecule has 0 unspecified atom stereocenters. The van der Waals surface area contributed by atoms with Gasteiger partial charge in [-0.25, -0.2) is 4.98 Å². The predicted octanol–water partition coefficient (Wildman–Crippen LogP) is 4.84. The highest BCUT2D eigenvalue weighted by Gasteiger charge is 2.18. The lowest BCUT2D eigenvalue weighted by molar-refractivity contribution is 0.394. The number of hydrogen-bond donors (Lipinski definition) is 1. The maximum Gasteiger partial charge on any atom is 0.260 e. The number of anilines is 1. The van der Waals surface area contributed by atoms with E-state index in [0.717, 1.165) is 23.8 Å². The maximum absolute atomic E-state index is 13.4. The Morgan fingerprint density at radius 1 is 1.19 bits per heavy atom. The van der Waals surface area contributed by atoms with Gasteiger partial charge in [0.1, 0.15) is 5.65 Å². The van der Waals surface area contributed by atoms with Crippen molar-refractivity contribution in [1.82, 2.24) is 24.7 Å². The fraction of sp³-hybridized carbons (Fsp3) is 0.348. The summed E-state index contributed by atoms with van der Waals surface area (Å²) in [6.07, 6.45) is 6.46. The first-order valence-electron chi connectivity index (χ1n) is 10.8. The highest BCUT2D eigenvalue weighted by molar-refractivity contribution is 6.33. The molecule has 0 amide bonds. The summed E-state index contributed by atoms with van der Waals surface area (Å²) in [7, 11) is 0. The lowest BCUT2D eigenvalue weighted by Gasteiger charge is -2.15. The van der Waals surface area contributed by atoms with Crippen molar-refractivity contribution in [3.8, 4) is 22.5 Å². The van der Waals surface area contributed by atoms with Crippen LogP contribution < -0.4 is 10.9 Å². The van der Waals surface area contributed by atoms with E-state index >= 15 is 0 Å². The Kier molecular flexibility index (Phi) is 5.38. The third kappa shape index (κ3) is 3.75. The standard InChI is InChI=1S/C23H23ClN6O2/c1-3-30-21-15(12-25-23(28-21)27-16-6-4-5-7-16)10-18(22(30)31)17-9-8-14(11-19(17)24)20-26-13(2)32-29-20/h8-12,16H,3-7H2,1-2H3,(H,25,27,28). The molecule has 1 aliphatic rings. The molecule has 1 N–H and O–H groups in total. The van der Waals surface area contributed by atoms with Crippen molar-refractivity contribution in [3.63, 3.8) is 0 Å². The van der Waals surface area contributed by atoms with E-state index in [1.165, 1.54) is 12.8 Å². The van der Waals surface area contributed by atoms with Crippen LogP contribution in [0, 0.1) is 6.92 Å². The summed E-state index contributed by atoms with van der Waals surface area (Å²) in [5.74, 6) is 1.50. The van der Waals surface area contributed by atoms with Crippen LogP contribution in [0.3, 0.4) is 0 Å². The Balaban J connectivity index is 1.57. The van der Waals surface area contributed by atoms with Crippen molar-refractivity contribution in [3.05, 3.63) is 51.7 Å². The minimum atomic E-state index is -0.143. The first-order valence-corrected chi connectivity index (χ1v) is 11.2. The summed E-state index contributed by atoms with van der Waals surface area (Å²) in [5.41, 5.74) is 2.33. The molecule has 1 saturated carbocycles. The number of halogens is 1. The van der Waals surface area contributed by atoms with Crippen LogP contribution in [0.4, 0.5) is 5.95 Å². The number of benzene rings is 1. The lowest BCUT2D eigenvalue weighted by Crippen LogP contribution is -2.23. The van der Waals surface area contributed by atoms with E-state index < -0.39 is 0 Å². The quantitative estimate of drug-likeness (QED) is 0.464. The van der Waals surface area contributed by atoms with Crippen molar-refractivity contribution in [2.45, 2.75) is 52.1 Å². The number of nitrogens with one attached hydrogen (secondary N) is 1. The fourth-order valence-corrected chi connectivity index (χ4v) is 4.54. The molecule has 0 aliphatic heterocycles. The molecule has 0 atom stereocenters. The van der Waals surface area contributed by atoms with E-state index in [1.54, 1.807) is 23.8 Å². The molecule has 0 spiro atoms.